The van der Waals surface area contributed by atoms with Crippen molar-refractivity contribution in [3.8, 4) is 0 Å². The molecular formula is C19H29N3O2. The van der Waals surface area contributed by atoms with Gasteiger partial charge >= 0.3 is 6.03 Å². The molecule has 1 aromatic carbocycles. The van der Waals surface area contributed by atoms with Gasteiger partial charge in [0.1, 0.15) is 0 Å². The first kappa shape index (κ1) is 17.2. The molecule has 132 valence electrons. The fraction of sp³-hybridized carbons (Fsp3) is 0.632. The van der Waals surface area contributed by atoms with Crippen LogP contribution in [0.4, 0.5) is 4.79 Å². The number of hydrogen-bond donors (Lipinski definition) is 2. The minimum absolute atomic E-state index is 0.0618. The van der Waals surface area contributed by atoms with Crippen molar-refractivity contribution >= 4 is 6.03 Å². The summed E-state index contributed by atoms with van der Waals surface area (Å²) in [6.45, 7) is 5.54. The summed E-state index contributed by atoms with van der Waals surface area (Å²) in [5.41, 5.74) is 1.40. The number of hydrogen-bond acceptors (Lipinski definition) is 3. The summed E-state index contributed by atoms with van der Waals surface area (Å²) >= 11 is 0. The predicted molar refractivity (Wildman–Crippen MR) is 95.1 cm³/mol. The molecular weight excluding hydrogens is 302 g/mol. The zero-order valence-electron chi connectivity index (χ0n) is 14.4. The predicted octanol–water partition coefficient (Wildman–Crippen LogP) is 2.03. The van der Waals surface area contributed by atoms with E-state index in [9.17, 15) is 4.79 Å². The van der Waals surface area contributed by atoms with Crippen LogP contribution in [-0.2, 0) is 11.2 Å². The first-order valence-corrected chi connectivity index (χ1v) is 9.19. The lowest BCUT2D eigenvalue weighted by Gasteiger charge is -2.17. The molecule has 0 aromatic heterocycles. The fourth-order valence-electron chi connectivity index (χ4n) is 3.53. The topological polar surface area (TPSA) is 53.6 Å². The van der Waals surface area contributed by atoms with Crippen LogP contribution in [0.1, 0.15) is 24.8 Å². The number of ether oxygens (including phenoxy) is 1. The SMILES string of the molecule is O=C(NC[C@@H]1CCN(CCc2ccccc2)C1)NC[C@@H]1CCCO1. The smallest absolute Gasteiger partial charge is 0.314 e. The van der Waals surface area contributed by atoms with Crippen LogP contribution in [0.15, 0.2) is 30.3 Å². The second kappa shape index (κ2) is 9.04. The Labute approximate surface area is 144 Å². The number of nitrogens with one attached hydrogen (secondary N) is 2. The summed E-state index contributed by atoms with van der Waals surface area (Å²) in [6, 6.07) is 10.6. The van der Waals surface area contributed by atoms with E-state index in [4.69, 9.17) is 4.74 Å². The van der Waals surface area contributed by atoms with Crippen molar-refractivity contribution < 1.29 is 9.53 Å². The van der Waals surface area contributed by atoms with Crippen LogP contribution < -0.4 is 10.6 Å². The molecule has 0 bridgehead atoms. The van der Waals surface area contributed by atoms with Crippen molar-refractivity contribution in [2.45, 2.75) is 31.8 Å². The van der Waals surface area contributed by atoms with E-state index in [1.165, 1.54) is 12.0 Å². The molecule has 2 N–H and O–H groups in total. The molecule has 5 nitrogen and oxygen atoms in total. The molecule has 0 radical (unpaired) electrons. The average molecular weight is 331 g/mol. The molecule has 0 aliphatic carbocycles. The molecule has 0 saturated carbocycles. The maximum Gasteiger partial charge on any atom is 0.314 e. The van der Waals surface area contributed by atoms with Crippen molar-refractivity contribution in [2.75, 3.05) is 39.3 Å². The fourth-order valence-corrected chi connectivity index (χ4v) is 3.53. The van der Waals surface area contributed by atoms with Gasteiger partial charge in [0.25, 0.3) is 0 Å². The Bertz CT molecular complexity index is 503. The van der Waals surface area contributed by atoms with Crippen LogP contribution in [0.2, 0.25) is 0 Å². The van der Waals surface area contributed by atoms with Gasteiger partial charge in [-0.25, -0.2) is 4.79 Å². The molecule has 2 saturated heterocycles. The van der Waals surface area contributed by atoms with Crippen molar-refractivity contribution in [2.24, 2.45) is 5.92 Å². The Balaban J connectivity index is 1.27. The van der Waals surface area contributed by atoms with E-state index in [0.29, 0.717) is 12.5 Å². The largest absolute Gasteiger partial charge is 0.376 e. The second-order valence-electron chi connectivity index (χ2n) is 6.92. The number of nitrogens with zero attached hydrogens (tertiary/aromatic N) is 1. The third kappa shape index (κ3) is 5.49. The van der Waals surface area contributed by atoms with E-state index in [-0.39, 0.29) is 12.1 Å². The summed E-state index contributed by atoms with van der Waals surface area (Å²) in [5, 5.41) is 5.93. The number of benzene rings is 1. The van der Waals surface area contributed by atoms with E-state index in [1.54, 1.807) is 0 Å². The van der Waals surface area contributed by atoms with Crippen LogP contribution in [0.25, 0.3) is 0 Å². The van der Waals surface area contributed by atoms with Gasteiger partial charge in [0, 0.05) is 32.8 Å². The van der Waals surface area contributed by atoms with Gasteiger partial charge in [-0.3, -0.25) is 0 Å². The zero-order chi connectivity index (χ0) is 16.6. The van der Waals surface area contributed by atoms with Gasteiger partial charge in [-0.05, 0) is 43.7 Å². The van der Waals surface area contributed by atoms with Gasteiger partial charge in [0.2, 0.25) is 0 Å². The van der Waals surface area contributed by atoms with Gasteiger partial charge in [0.05, 0.1) is 6.10 Å². The molecule has 2 heterocycles. The van der Waals surface area contributed by atoms with Gasteiger partial charge < -0.3 is 20.3 Å². The molecule has 2 fully saturated rings. The summed E-state index contributed by atoms with van der Waals surface area (Å²) in [6.07, 6.45) is 4.63. The quantitative estimate of drug-likeness (QED) is 0.804. The van der Waals surface area contributed by atoms with E-state index in [1.807, 2.05) is 0 Å². The van der Waals surface area contributed by atoms with Gasteiger partial charge in [-0.2, -0.15) is 0 Å². The highest BCUT2D eigenvalue weighted by atomic mass is 16.5. The lowest BCUT2D eigenvalue weighted by atomic mass is 10.1. The number of amides is 2. The first-order valence-electron chi connectivity index (χ1n) is 9.19. The first-order chi connectivity index (χ1) is 11.8. The summed E-state index contributed by atoms with van der Waals surface area (Å²) in [5.74, 6) is 0.564. The minimum atomic E-state index is -0.0618. The molecule has 2 amide bonds. The Morgan fingerprint density at radius 1 is 1.17 bits per heavy atom. The number of carbonyl (C=O) groups is 1. The number of rotatable bonds is 7. The van der Waals surface area contributed by atoms with Gasteiger partial charge in [-0.1, -0.05) is 30.3 Å². The third-order valence-electron chi connectivity index (χ3n) is 5.00. The average Bonchev–Trinajstić information content (AvgIpc) is 3.29. The van der Waals surface area contributed by atoms with E-state index >= 15 is 0 Å². The molecule has 24 heavy (non-hydrogen) atoms. The van der Waals surface area contributed by atoms with Crippen LogP contribution in [0.5, 0.6) is 0 Å². The Morgan fingerprint density at radius 3 is 2.79 bits per heavy atom. The zero-order valence-corrected chi connectivity index (χ0v) is 14.4. The van der Waals surface area contributed by atoms with Crippen LogP contribution in [0.3, 0.4) is 0 Å². The minimum Gasteiger partial charge on any atom is -0.376 e. The summed E-state index contributed by atoms with van der Waals surface area (Å²) < 4.78 is 5.51. The van der Waals surface area contributed by atoms with Crippen LogP contribution >= 0.6 is 0 Å². The summed E-state index contributed by atoms with van der Waals surface area (Å²) in [4.78, 5) is 14.4. The van der Waals surface area contributed by atoms with Crippen LogP contribution in [0, 0.1) is 5.92 Å². The Hall–Kier alpha value is -1.59. The molecule has 0 spiro atoms. The monoisotopic (exact) mass is 331 g/mol. The van der Waals surface area contributed by atoms with Crippen molar-refractivity contribution in [1.82, 2.24) is 15.5 Å². The molecule has 5 heteroatoms. The second-order valence-corrected chi connectivity index (χ2v) is 6.92. The van der Waals surface area contributed by atoms with Crippen molar-refractivity contribution in [1.29, 1.82) is 0 Å². The number of urea groups is 1. The lowest BCUT2D eigenvalue weighted by Crippen LogP contribution is -2.41. The maximum atomic E-state index is 11.9. The molecule has 1 aromatic rings. The highest BCUT2D eigenvalue weighted by Crippen LogP contribution is 2.16. The lowest BCUT2D eigenvalue weighted by molar-refractivity contribution is 0.111. The molecule has 0 unspecified atom stereocenters. The highest BCUT2D eigenvalue weighted by molar-refractivity contribution is 5.73. The van der Waals surface area contributed by atoms with Gasteiger partial charge in [0.15, 0.2) is 0 Å². The Kier molecular flexibility index (Phi) is 6.49. The standard InChI is InChI=1S/C19H29N3O2/c23-19(21-14-18-7-4-12-24-18)20-13-17-9-11-22(15-17)10-8-16-5-2-1-3-6-16/h1-3,5-6,17-18H,4,7-15H2,(H2,20,21,23)/t17-,18-/m0/s1. The molecule has 2 atom stereocenters. The molecule has 3 rings (SSSR count). The highest BCUT2D eigenvalue weighted by Gasteiger charge is 2.22. The number of carbonyl (C=O) groups excluding carboxylic acids is 1. The summed E-state index contributed by atoms with van der Waals surface area (Å²) in [7, 11) is 0. The van der Waals surface area contributed by atoms with Crippen molar-refractivity contribution in [3.05, 3.63) is 35.9 Å². The maximum absolute atomic E-state index is 11.9. The third-order valence-corrected chi connectivity index (χ3v) is 5.00. The number of likely N-dealkylation sites (tertiary alicyclic amines) is 1. The van der Waals surface area contributed by atoms with Gasteiger partial charge in [-0.15, -0.1) is 0 Å². The van der Waals surface area contributed by atoms with E-state index < -0.39 is 0 Å². The van der Waals surface area contributed by atoms with Crippen molar-refractivity contribution in [3.63, 3.8) is 0 Å². The van der Waals surface area contributed by atoms with E-state index in [2.05, 4.69) is 45.9 Å². The normalized spacial score (nSPS) is 24.2. The molecule has 2 aliphatic heterocycles. The van der Waals surface area contributed by atoms with E-state index in [0.717, 1.165) is 52.0 Å². The molecule has 2 aliphatic rings. The van der Waals surface area contributed by atoms with Crippen LogP contribution in [-0.4, -0.2) is 56.4 Å². The Morgan fingerprint density at radius 2 is 2.00 bits per heavy atom.